The molecule has 0 saturated carbocycles. The number of nitrogens with one attached hydrogen (secondary N) is 1. The molecule has 18 heavy (non-hydrogen) atoms. The van der Waals surface area contributed by atoms with Gasteiger partial charge in [-0.05, 0) is 25.1 Å². The number of hydrogen-bond donors (Lipinski definition) is 2. The molecule has 1 amide bonds. The molecule has 0 aromatic heterocycles. The third-order valence-electron chi connectivity index (χ3n) is 3.04. The second kappa shape index (κ2) is 4.89. The Morgan fingerprint density at radius 2 is 2.33 bits per heavy atom. The third-order valence-corrected chi connectivity index (χ3v) is 3.28. The molecule has 6 heteroatoms. The van der Waals surface area contributed by atoms with E-state index in [4.69, 9.17) is 18.0 Å². The maximum Gasteiger partial charge on any atom is 0.242 e. The topological polar surface area (TPSA) is 58.4 Å². The Hall–Kier alpha value is -1.69. The van der Waals surface area contributed by atoms with Crippen LogP contribution in [0, 0.1) is 5.82 Å². The maximum absolute atomic E-state index is 14.0. The Kier molecular flexibility index (Phi) is 3.47. The van der Waals surface area contributed by atoms with E-state index in [1.165, 1.54) is 6.07 Å². The highest BCUT2D eigenvalue weighted by Gasteiger charge is 2.27. The number of nitrogens with zero attached hydrogens (tertiary/aromatic N) is 1. The lowest BCUT2D eigenvalue weighted by molar-refractivity contribution is -0.122. The molecule has 1 aliphatic heterocycles. The molecule has 4 nitrogen and oxygen atoms in total. The molecule has 1 aromatic carbocycles. The van der Waals surface area contributed by atoms with Crippen LogP contribution in [-0.2, 0) is 4.79 Å². The zero-order chi connectivity index (χ0) is 13.3. The van der Waals surface area contributed by atoms with Crippen LogP contribution >= 0.6 is 12.2 Å². The van der Waals surface area contributed by atoms with Crippen molar-refractivity contribution >= 4 is 28.8 Å². The lowest BCUT2D eigenvalue weighted by atomic mass is 10.1. The number of nitrogens with two attached hydrogens (primary N) is 1. The molecule has 2 rings (SSSR count). The maximum atomic E-state index is 14.0. The quantitative estimate of drug-likeness (QED) is 0.778. The minimum atomic E-state index is -0.415. The van der Waals surface area contributed by atoms with Crippen LogP contribution in [0.15, 0.2) is 18.2 Å². The van der Waals surface area contributed by atoms with E-state index in [0.717, 1.165) is 0 Å². The number of anilines is 1. The predicted molar refractivity (Wildman–Crippen MR) is 72.1 cm³/mol. The van der Waals surface area contributed by atoms with Gasteiger partial charge in [0.1, 0.15) is 16.8 Å². The van der Waals surface area contributed by atoms with Crippen molar-refractivity contribution in [2.24, 2.45) is 5.73 Å². The van der Waals surface area contributed by atoms with Crippen LogP contribution in [0.2, 0.25) is 0 Å². The fourth-order valence-electron chi connectivity index (χ4n) is 2.00. The minimum absolute atomic E-state index is 0.0981. The Morgan fingerprint density at radius 3 is 2.94 bits per heavy atom. The number of halogens is 1. The molecule has 1 heterocycles. The van der Waals surface area contributed by atoms with Gasteiger partial charge in [-0.3, -0.25) is 4.79 Å². The summed E-state index contributed by atoms with van der Waals surface area (Å²) in [6.07, 6.45) is 0. The van der Waals surface area contributed by atoms with Crippen molar-refractivity contribution in [1.82, 2.24) is 5.32 Å². The van der Waals surface area contributed by atoms with E-state index in [0.29, 0.717) is 24.3 Å². The van der Waals surface area contributed by atoms with Gasteiger partial charge < -0.3 is 16.0 Å². The zero-order valence-corrected chi connectivity index (χ0v) is 10.8. The van der Waals surface area contributed by atoms with Crippen LogP contribution in [-0.4, -0.2) is 30.0 Å². The molecular weight excluding hydrogens is 253 g/mol. The van der Waals surface area contributed by atoms with E-state index in [-0.39, 0.29) is 16.9 Å². The molecule has 0 aliphatic carbocycles. The number of amides is 1. The van der Waals surface area contributed by atoms with Gasteiger partial charge in [-0.1, -0.05) is 12.2 Å². The number of piperazine rings is 1. The highest BCUT2D eigenvalue weighted by molar-refractivity contribution is 7.80. The summed E-state index contributed by atoms with van der Waals surface area (Å²) in [6, 6.07) is 4.19. The van der Waals surface area contributed by atoms with Gasteiger partial charge in [0.15, 0.2) is 0 Å². The monoisotopic (exact) mass is 267 g/mol. The Labute approximate surface area is 110 Å². The van der Waals surface area contributed by atoms with Crippen LogP contribution in [0.1, 0.15) is 12.5 Å². The largest absolute Gasteiger partial charge is 0.389 e. The first kappa shape index (κ1) is 12.8. The average molecular weight is 267 g/mol. The number of benzene rings is 1. The normalized spacial score (nSPS) is 19.6. The molecule has 1 atom stereocenters. The SMILES string of the molecule is CC1C(=O)NCCN1c1ccc(C(N)=S)cc1F. The number of thiocarbonyl (C=S) groups is 1. The molecule has 3 N–H and O–H groups in total. The smallest absolute Gasteiger partial charge is 0.242 e. The summed E-state index contributed by atoms with van der Waals surface area (Å²) in [4.78, 5) is 13.4. The summed E-state index contributed by atoms with van der Waals surface area (Å²) in [5.74, 6) is -0.513. The number of carbonyl (C=O) groups excluding carboxylic acids is 1. The molecule has 0 spiro atoms. The Balaban J connectivity index is 2.33. The van der Waals surface area contributed by atoms with Gasteiger partial charge in [0, 0.05) is 18.7 Å². The minimum Gasteiger partial charge on any atom is -0.389 e. The molecular formula is C12H14FN3OS. The summed E-state index contributed by atoms with van der Waals surface area (Å²) < 4.78 is 14.0. The first-order valence-corrected chi connectivity index (χ1v) is 6.05. The Morgan fingerprint density at radius 1 is 1.61 bits per heavy atom. The van der Waals surface area contributed by atoms with E-state index >= 15 is 0 Å². The van der Waals surface area contributed by atoms with Crippen molar-refractivity contribution in [3.8, 4) is 0 Å². The fraction of sp³-hybridized carbons (Fsp3) is 0.333. The van der Waals surface area contributed by atoms with Crippen molar-refractivity contribution in [2.45, 2.75) is 13.0 Å². The van der Waals surface area contributed by atoms with Crippen LogP contribution in [0.5, 0.6) is 0 Å². The lowest BCUT2D eigenvalue weighted by Crippen LogP contribution is -2.54. The van der Waals surface area contributed by atoms with Gasteiger partial charge in [-0.25, -0.2) is 4.39 Å². The van der Waals surface area contributed by atoms with Gasteiger partial charge in [0.2, 0.25) is 5.91 Å². The molecule has 0 bridgehead atoms. The summed E-state index contributed by atoms with van der Waals surface area (Å²) in [5.41, 5.74) is 6.33. The van der Waals surface area contributed by atoms with Crippen molar-refractivity contribution < 1.29 is 9.18 Å². The van der Waals surface area contributed by atoms with Crippen LogP contribution in [0.25, 0.3) is 0 Å². The van der Waals surface area contributed by atoms with Crippen LogP contribution in [0.3, 0.4) is 0 Å². The van der Waals surface area contributed by atoms with E-state index < -0.39 is 5.82 Å². The summed E-state index contributed by atoms with van der Waals surface area (Å²) >= 11 is 4.80. The zero-order valence-electron chi connectivity index (χ0n) is 9.94. The first-order valence-electron chi connectivity index (χ1n) is 5.64. The second-order valence-electron chi connectivity index (χ2n) is 4.19. The fourth-order valence-corrected chi connectivity index (χ4v) is 2.13. The molecule has 96 valence electrons. The van der Waals surface area contributed by atoms with E-state index in [9.17, 15) is 9.18 Å². The molecule has 1 aliphatic rings. The molecule has 0 radical (unpaired) electrons. The van der Waals surface area contributed by atoms with Gasteiger partial charge in [0.05, 0.1) is 5.69 Å². The number of hydrogen-bond acceptors (Lipinski definition) is 3. The number of carbonyl (C=O) groups is 1. The molecule has 1 aromatic rings. The average Bonchev–Trinajstić information content (AvgIpc) is 2.33. The lowest BCUT2D eigenvalue weighted by Gasteiger charge is -2.34. The third kappa shape index (κ3) is 2.28. The molecule has 1 fully saturated rings. The standard InChI is InChI=1S/C12H14FN3OS/c1-7-12(17)15-4-5-16(7)10-3-2-8(11(14)18)6-9(10)13/h2-3,6-7H,4-5H2,1H3,(H2,14,18)(H,15,17). The molecule has 1 unspecified atom stereocenters. The van der Waals surface area contributed by atoms with Crippen molar-refractivity contribution in [3.63, 3.8) is 0 Å². The van der Waals surface area contributed by atoms with E-state index in [1.807, 2.05) is 0 Å². The van der Waals surface area contributed by atoms with E-state index in [2.05, 4.69) is 5.32 Å². The highest BCUT2D eigenvalue weighted by atomic mass is 32.1. The summed E-state index contributed by atoms with van der Waals surface area (Å²) in [5, 5.41) is 2.74. The predicted octanol–water partition coefficient (Wildman–Crippen LogP) is 0.785. The second-order valence-corrected chi connectivity index (χ2v) is 4.63. The summed E-state index contributed by atoms with van der Waals surface area (Å²) in [6.45, 7) is 2.84. The first-order chi connectivity index (χ1) is 8.50. The van der Waals surface area contributed by atoms with Crippen LogP contribution in [0.4, 0.5) is 10.1 Å². The van der Waals surface area contributed by atoms with Crippen molar-refractivity contribution in [2.75, 3.05) is 18.0 Å². The Bertz CT molecular complexity index is 506. The molecule has 1 saturated heterocycles. The van der Waals surface area contributed by atoms with Crippen molar-refractivity contribution in [3.05, 3.63) is 29.6 Å². The van der Waals surface area contributed by atoms with Crippen molar-refractivity contribution in [1.29, 1.82) is 0 Å². The highest BCUT2D eigenvalue weighted by Crippen LogP contribution is 2.23. The summed E-state index contributed by atoms with van der Waals surface area (Å²) in [7, 11) is 0. The number of rotatable bonds is 2. The van der Waals surface area contributed by atoms with Gasteiger partial charge in [-0.15, -0.1) is 0 Å². The van der Waals surface area contributed by atoms with Gasteiger partial charge in [-0.2, -0.15) is 0 Å². The van der Waals surface area contributed by atoms with Crippen LogP contribution < -0.4 is 16.0 Å². The van der Waals surface area contributed by atoms with Gasteiger partial charge >= 0.3 is 0 Å². The van der Waals surface area contributed by atoms with Gasteiger partial charge in [0.25, 0.3) is 0 Å². The van der Waals surface area contributed by atoms with E-state index in [1.54, 1.807) is 24.0 Å².